The highest BCUT2D eigenvalue weighted by atomic mass is 16.7. The van der Waals surface area contributed by atoms with Crippen molar-refractivity contribution >= 4 is 0 Å². The molecule has 0 aromatic heterocycles. The van der Waals surface area contributed by atoms with Crippen molar-refractivity contribution in [3.8, 4) is 0 Å². The Labute approximate surface area is 117 Å². The van der Waals surface area contributed by atoms with Crippen molar-refractivity contribution < 1.29 is 14.2 Å². The van der Waals surface area contributed by atoms with Gasteiger partial charge in [0.25, 0.3) is 0 Å². The first kappa shape index (κ1) is 13.8. The van der Waals surface area contributed by atoms with E-state index in [9.17, 15) is 0 Å². The van der Waals surface area contributed by atoms with E-state index in [1.807, 2.05) is 0 Å². The predicted molar refractivity (Wildman–Crippen MR) is 73.8 cm³/mol. The molecular weight excluding hydrogens is 240 g/mol. The zero-order valence-electron chi connectivity index (χ0n) is 12.6. The average molecular weight is 268 g/mol. The number of rotatable bonds is 3. The third-order valence-electron chi connectivity index (χ3n) is 5.68. The molecule has 3 nitrogen and oxygen atoms in total. The molecule has 3 heteroatoms. The second kappa shape index (κ2) is 5.34. The van der Waals surface area contributed by atoms with Crippen LogP contribution in [-0.2, 0) is 14.2 Å². The van der Waals surface area contributed by atoms with E-state index in [0.717, 1.165) is 44.0 Å². The van der Waals surface area contributed by atoms with E-state index < -0.39 is 0 Å². The molecule has 110 valence electrons. The van der Waals surface area contributed by atoms with Crippen LogP contribution in [0.2, 0.25) is 0 Å². The zero-order chi connectivity index (χ0) is 13.5. The molecule has 2 saturated heterocycles. The second-order valence-corrected chi connectivity index (χ2v) is 7.12. The quantitative estimate of drug-likeness (QED) is 0.786. The summed E-state index contributed by atoms with van der Waals surface area (Å²) in [5.74, 6) is 2.27. The molecule has 1 aliphatic carbocycles. The molecule has 3 rings (SSSR count). The van der Waals surface area contributed by atoms with Gasteiger partial charge < -0.3 is 14.2 Å². The van der Waals surface area contributed by atoms with Gasteiger partial charge in [0.05, 0.1) is 19.3 Å². The third kappa shape index (κ3) is 2.70. The van der Waals surface area contributed by atoms with Crippen LogP contribution in [0.25, 0.3) is 0 Å². The van der Waals surface area contributed by atoms with E-state index in [-0.39, 0.29) is 12.4 Å². The van der Waals surface area contributed by atoms with E-state index in [2.05, 4.69) is 20.8 Å². The lowest BCUT2D eigenvalue weighted by Crippen LogP contribution is -2.42. The minimum absolute atomic E-state index is 0.00229. The Bertz CT molecular complexity index is 317. The van der Waals surface area contributed by atoms with Crippen molar-refractivity contribution in [1.29, 1.82) is 0 Å². The largest absolute Gasteiger partial charge is 0.379 e. The highest BCUT2D eigenvalue weighted by molar-refractivity contribution is 5.06. The molecule has 3 aliphatic rings. The van der Waals surface area contributed by atoms with Gasteiger partial charge in [-0.05, 0) is 37.0 Å². The van der Waals surface area contributed by atoms with E-state index in [1.165, 1.54) is 19.3 Å². The molecule has 3 fully saturated rings. The summed E-state index contributed by atoms with van der Waals surface area (Å²) < 4.78 is 17.8. The maximum absolute atomic E-state index is 6.31. The highest BCUT2D eigenvalue weighted by Crippen LogP contribution is 2.60. The van der Waals surface area contributed by atoms with Crippen LogP contribution in [-0.4, -0.2) is 32.2 Å². The Morgan fingerprint density at radius 2 is 2.05 bits per heavy atom. The molecule has 0 N–H and O–H groups in total. The Hall–Kier alpha value is -0.120. The first-order chi connectivity index (χ1) is 9.12. The van der Waals surface area contributed by atoms with Crippen molar-refractivity contribution in [2.45, 2.75) is 58.8 Å². The molecule has 5 atom stereocenters. The third-order valence-corrected chi connectivity index (χ3v) is 5.68. The topological polar surface area (TPSA) is 27.7 Å². The van der Waals surface area contributed by atoms with E-state index in [4.69, 9.17) is 14.2 Å². The summed E-state index contributed by atoms with van der Waals surface area (Å²) in [6.07, 6.45) is 4.96. The molecule has 0 radical (unpaired) electrons. The van der Waals surface area contributed by atoms with Crippen LogP contribution < -0.4 is 0 Å². The standard InChI is InChI=1S/C16H28O3/c1-11(2)13-4-6-18-15(8-13)19-14-10-17-7-5-16(14)9-12(16)3/h11-15H,4-10H2,1-3H3/t12?,13-,14-,15?,16?/m0/s1. The number of ether oxygens (including phenoxy) is 3. The van der Waals surface area contributed by atoms with Crippen LogP contribution in [0.3, 0.4) is 0 Å². The minimum atomic E-state index is -0.00229. The fraction of sp³-hybridized carbons (Fsp3) is 1.00. The minimum Gasteiger partial charge on any atom is -0.379 e. The smallest absolute Gasteiger partial charge is 0.158 e. The second-order valence-electron chi connectivity index (χ2n) is 7.12. The zero-order valence-corrected chi connectivity index (χ0v) is 12.6. The molecule has 2 aliphatic heterocycles. The molecule has 3 unspecified atom stereocenters. The predicted octanol–water partition coefficient (Wildman–Crippen LogP) is 3.23. The van der Waals surface area contributed by atoms with Crippen molar-refractivity contribution in [1.82, 2.24) is 0 Å². The summed E-state index contributed by atoms with van der Waals surface area (Å²) >= 11 is 0. The van der Waals surface area contributed by atoms with Gasteiger partial charge in [-0.15, -0.1) is 0 Å². The lowest BCUT2D eigenvalue weighted by Gasteiger charge is -2.38. The number of hydrogen-bond donors (Lipinski definition) is 0. The number of hydrogen-bond acceptors (Lipinski definition) is 3. The van der Waals surface area contributed by atoms with Gasteiger partial charge in [-0.2, -0.15) is 0 Å². The first-order valence-electron chi connectivity index (χ1n) is 7.96. The van der Waals surface area contributed by atoms with Crippen molar-refractivity contribution in [2.24, 2.45) is 23.2 Å². The van der Waals surface area contributed by atoms with Gasteiger partial charge in [0.1, 0.15) is 0 Å². The molecule has 0 aromatic carbocycles. The summed E-state index contributed by atoms with van der Waals surface area (Å²) in [6.45, 7) is 9.48. The van der Waals surface area contributed by atoms with E-state index in [0.29, 0.717) is 5.41 Å². The van der Waals surface area contributed by atoms with Gasteiger partial charge in [0.2, 0.25) is 0 Å². The normalized spacial score (nSPS) is 46.7. The molecule has 0 amide bonds. The highest BCUT2D eigenvalue weighted by Gasteiger charge is 2.58. The van der Waals surface area contributed by atoms with Gasteiger partial charge >= 0.3 is 0 Å². The van der Waals surface area contributed by atoms with E-state index in [1.54, 1.807) is 0 Å². The maximum Gasteiger partial charge on any atom is 0.158 e. The molecule has 19 heavy (non-hydrogen) atoms. The maximum atomic E-state index is 6.31. The van der Waals surface area contributed by atoms with Gasteiger partial charge in [-0.3, -0.25) is 0 Å². The lowest BCUT2D eigenvalue weighted by atomic mass is 9.87. The van der Waals surface area contributed by atoms with Crippen LogP contribution >= 0.6 is 0 Å². The lowest BCUT2D eigenvalue weighted by molar-refractivity contribution is -0.234. The SMILES string of the molecule is CC(C)[C@H]1CCOC(O[C@H]2COCCC23CC3C)C1. The monoisotopic (exact) mass is 268 g/mol. The fourth-order valence-corrected chi connectivity index (χ4v) is 3.93. The molecule has 1 spiro atoms. The Morgan fingerprint density at radius 3 is 2.74 bits per heavy atom. The first-order valence-corrected chi connectivity index (χ1v) is 7.96. The van der Waals surface area contributed by atoms with Crippen LogP contribution in [0.4, 0.5) is 0 Å². The van der Waals surface area contributed by atoms with Crippen LogP contribution in [0.15, 0.2) is 0 Å². The molecule has 2 heterocycles. The summed E-state index contributed by atoms with van der Waals surface area (Å²) in [7, 11) is 0. The van der Waals surface area contributed by atoms with Crippen LogP contribution in [0.5, 0.6) is 0 Å². The van der Waals surface area contributed by atoms with E-state index >= 15 is 0 Å². The molecule has 0 aromatic rings. The summed E-state index contributed by atoms with van der Waals surface area (Å²) in [5.41, 5.74) is 0.409. The summed E-state index contributed by atoms with van der Waals surface area (Å²) in [5, 5.41) is 0. The van der Waals surface area contributed by atoms with Crippen molar-refractivity contribution in [2.75, 3.05) is 19.8 Å². The Kier molecular flexibility index (Phi) is 3.89. The van der Waals surface area contributed by atoms with Gasteiger partial charge in [-0.1, -0.05) is 20.8 Å². The van der Waals surface area contributed by atoms with Crippen molar-refractivity contribution in [3.63, 3.8) is 0 Å². The molecule has 1 saturated carbocycles. The van der Waals surface area contributed by atoms with Crippen LogP contribution in [0.1, 0.15) is 46.5 Å². The van der Waals surface area contributed by atoms with Crippen LogP contribution in [0, 0.1) is 23.2 Å². The summed E-state index contributed by atoms with van der Waals surface area (Å²) in [4.78, 5) is 0. The molecule has 0 bridgehead atoms. The average Bonchev–Trinajstić information content (AvgIpc) is 3.04. The van der Waals surface area contributed by atoms with Crippen molar-refractivity contribution in [3.05, 3.63) is 0 Å². The van der Waals surface area contributed by atoms with Gasteiger partial charge in [0.15, 0.2) is 6.29 Å². The Morgan fingerprint density at radius 1 is 1.26 bits per heavy atom. The molecular formula is C16H28O3. The Balaban J connectivity index is 1.58. The summed E-state index contributed by atoms with van der Waals surface area (Å²) in [6, 6.07) is 0. The van der Waals surface area contributed by atoms with Gasteiger partial charge in [0, 0.05) is 18.4 Å². The van der Waals surface area contributed by atoms with Gasteiger partial charge in [-0.25, -0.2) is 0 Å². The fourth-order valence-electron chi connectivity index (χ4n) is 3.93.